The summed E-state index contributed by atoms with van der Waals surface area (Å²) in [6.07, 6.45) is 0. The quantitative estimate of drug-likeness (QED) is 0.461. The summed E-state index contributed by atoms with van der Waals surface area (Å²) in [5.74, 6) is -0.215. The van der Waals surface area contributed by atoms with Gasteiger partial charge < -0.3 is 0 Å². The largest absolute Gasteiger partial charge is 0.207 e. The van der Waals surface area contributed by atoms with Crippen molar-refractivity contribution in [1.29, 1.82) is 0 Å². The molecular formula is C15H12Br3F. The molecule has 1 atom stereocenters. The molecule has 0 aromatic heterocycles. The predicted octanol–water partition coefficient (Wildman–Crippen LogP) is 6.45. The topological polar surface area (TPSA) is 0 Å². The smallest absolute Gasteiger partial charge is 0.123 e. The Bertz CT molecular complexity index is 623. The van der Waals surface area contributed by atoms with E-state index in [1.807, 2.05) is 13.8 Å². The maximum absolute atomic E-state index is 13.4. The van der Waals surface area contributed by atoms with Crippen LogP contribution in [0, 0.1) is 19.7 Å². The minimum absolute atomic E-state index is 0.0468. The van der Waals surface area contributed by atoms with Crippen molar-refractivity contribution in [3.05, 3.63) is 67.3 Å². The van der Waals surface area contributed by atoms with Crippen LogP contribution in [0.25, 0.3) is 0 Å². The van der Waals surface area contributed by atoms with Gasteiger partial charge >= 0.3 is 0 Å². The van der Waals surface area contributed by atoms with Gasteiger partial charge in [0.2, 0.25) is 0 Å². The molecule has 0 fully saturated rings. The molecule has 4 heteroatoms. The zero-order chi connectivity index (χ0) is 14.2. The third-order valence-corrected chi connectivity index (χ3v) is 5.59. The van der Waals surface area contributed by atoms with E-state index >= 15 is 0 Å². The Morgan fingerprint density at radius 3 is 2.26 bits per heavy atom. The van der Waals surface area contributed by atoms with Gasteiger partial charge in [-0.25, -0.2) is 4.39 Å². The lowest BCUT2D eigenvalue weighted by atomic mass is 9.99. The monoisotopic (exact) mass is 448 g/mol. The third kappa shape index (κ3) is 3.29. The van der Waals surface area contributed by atoms with Gasteiger partial charge in [0.15, 0.2) is 0 Å². The summed E-state index contributed by atoms with van der Waals surface area (Å²) < 4.78 is 15.5. The normalized spacial score (nSPS) is 12.5. The second-order valence-corrected chi connectivity index (χ2v) is 7.11. The Hall–Kier alpha value is -0.190. The van der Waals surface area contributed by atoms with Gasteiger partial charge in [-0.2, -0.15) is 0 Å². The van der Waals surface area contributed by atoms with Crippen LogP contribution in [0.2, 0.25) is 0 Å². The van der Waals surface area contributed by atoms with Crippen LogP contribution in [0.4, 0.5) is 4.39 Å². The number of benzene rings is 2. The molecule has 0 N–H and O–H groups in total. The highest BCUT2D eigenvalue weighted by atomic mass is 79.9. The number of rotatable bonds is 2. The maximum atomic E-state index is 13.4. The average molecular weight is 451 g/mol. The van der Waals surface area contributed by atoms with Crippen LogP contribution in [-0.2, 0) is 0 Å². The molecule has 0 aliphatic rings. The van der Waals surface area contributed by atoms with Gasteiger partial charge in [0.05, 0.1) is 4.83 Å². The molecule has 0 saturated carbocycles. The molecule has 2 aromatic carbocycles. The molecule has 0 radical (unpaired) electrons. The van der Waals surface area contributed by atoms with Crippen molar-refractivity contribution < 1.29 is 4.39 Å². The second kappa shape index (κ2) is 6.06. The third-order valence-electron chi connectivity index (χ3n) is 3.07. The molecule has 0 aliphatic carbocycles. The van der Waals surface area contributed by atoms with Crippen LogP contribution >= 0.6 is 47.8 Å². The Labute approximate surface area is 137 Å². The first-order chi connectivity index (χ1) is 8.90. The molecule has 19 heavy (non-hydrogen) atoms. The fourth-order valence-corrected chi connectivity index (χ4v) is 4.13. The van der Waals surface area contributed by atoms with Gasteiger partial charge in [-0.1, -0.05) is 53.9 Å². The summed E-state index contributed by atoms with van der Waals surface area (Å²) in [4.78, 5) is -0.0468. The van der Waals surface area contributed by atoms with Gasteiger partial charge in [0.25, 0.3) is 0 Å². The second-order valence-electron chi connectivity index (χ2n) is 4.49. The molecule has 0 amide bonds. The summed E-state index contributed by atoms with van der Waals surface area (Å²) in [7, 11) is 0. The van der Waals surface area contributed by atoms with E-state index < -0.39 is 0 Å². The SMILES string of the molecule is Cc1cc(Br)c(C(Br)c2cc(F)ccc2C)cc1Br. The average Bonchev–Trinajstić information content (AvgIpc) is 2.36. The summed E-state index contributed by atoms with van der Waals surface area (Å²) in [5.41, 5.74) is 4.24. The minimum atomic E-state index is -0.215. The molecule has 0 spiro atoms. The van der Waals surface area contributed by atoms with Gasteiger partial charge in [0, 0.05) is 8.95 Å². The van der Waals surface area contributed by atoms with E-state index in [9.17, 15) is 4.39 Å². The number of hydrogen-bond donors (Lipinski definition) is 0. The zero-order valence-corrected chi connectivity index (χ0v) is 15.2. The lowest BCUT2D eigenvalue weighted by Gasteiger charge is -2.16. The van der Waals surface area contributed by atoms with Crippen molar-refractivity contribution in [3.8, 4) is 0 Å². The molecule has 0 heterocycles. The summed E-state index contributed by atoms with van der Waals surface area (Å²) in [6, 6.07) is 8.98. The van der Waals surface area contributed by atoms with Crippen molar-refractivity contribution in [1.82, 2.24) is 0 Å². The number of aryl methyl sites for hydroxylation is 2. The van der Waals surface area contributed by atoms with Crippen LogP contribution in [0.3, 0.4) is 0 Å². The van der Waals surface area contributed by atoms with Crippen LogP contribution < -0.4 is 0 Å². The lowest BCUT2D eigenvalue weighted by molar-refractivity contribution is 0.625. The maximum Gasteiger partial charge on any atom is 0.123 e. The van der Waals surface area contributed by atoms with Crippen molar-refractivity contribution >= 4 is 47.8 Å². The molecule has 1 unspecified atom stereocenters. The van der Waals surface area contributed by atoms with E-state index in [0.29, 0.717) is 0 Å². The zero-order valence-electron chi connectivity index (χ0n) is 10.5. The van der Waals surface area contributed by atoms with Gasteiger partial charge in [-0.15, -0.1) is 0 Å². The highest BCUT2D eigenvalue weighted by Crippen LogP contribution is 2.39. The minimum Gasteiger partial charge on any atom is -0.207 e. The van der Waals surface area contributed by atoms with E-state index in [-0.39, 0.29) is 10.6 Å². The Morgan fingerprint density at radius 2 is 1.58 bits per heavy atom. The van der Waals surface area contributed by atoms with E-state index in [4.69, 9.17) is 0 Å². The lowest BCUT2D eigenvalue weighted by Crippen LogP contribution is -1.99. The van der Waals surface area contributed by atoms with Crippen molar-refractivity contribution in [2.75, 3.05) is 0 Å². The first-order valence-electron chi connectivity index (χ1n) is 5.76. The Morgan fingerprint density at radius 1 is 0.895 bits per heavy atom. The van der Waals surface area contributed by atoms with E-state index in [2.05, 4.69) is 59.9 Å². The van der Waals surface area contributed by atoms with E-state index in [0.717, 1.165) is 31.2 Å². The summed E-state index contributed by atoms with van der Waals surface area (Å²) in [5, 5.41) is 0. The predicted molar refractivity (Wildman–Crippen MR) is 88.5 cm³/mol. The molecule has 0 nitrogen and oxygen atoms in total. The summed E-state index contributed by atoms with van der Waals surface area (Å²) in [6.45, 7) is 4.02. The highest BCUT2D eigenvalue weighted by molar-refractivity contribution is 9.11. The Kier molecular flexibility index (Phi) is 4.85. The van der Waals surface area contributed by atoms with Gasteiger partial charge in [-0.3, -0.25) is 0 Å². The first kappa shape index (κ1) is 15.2. The molecule has 2 rings (SSSR count). The van der Waals surface area contributed by atoms with Crippen molar-refractivity contribution in [2.24, 2.45) is 0 Å². The molecule has 0 aliphatic heterocycles. The van der Waals surface area contributed by atoms with Crippen LogP contribution in [-0.4, -0.2) is 0 Å². The van der Waals surface area contributed by atoms with Crippen LogP contribution in [0.1, 0.15) is 27.1 Å². The van der Waals surface area contributed by atoms with E-state index in [1.165, 1.54) is 6.07 Å². The summed E-state index contributed by atoms with van der Waals surface area (Å²) >= 11 is 10.8. The number of alkyl halides is 1. The molecule has 0 saturated heterocycles. The van der Waals surface area contributed by atoms with Gasteiger partial charge in [0.1, 0.15) is 5.82 Å². The molecular weight excluding hydrogens is 439 g/mol. The number of halogens is 4. The Balaban J connectivity index is 2.52. The van der Waals surface area contributed by atoms with Gasteiger partial charge in [-0.05, 0) is 60.4 Å². The van der Waals surface area contributed by atoms with E-state index in [1.54, 1.807) is 12.1 Å². The highest BCUT2D eigenvalue weighted by Gasteiger charge is 2.17. The molecule has 100 valence electrons. The van der Waals surface area contributed by atoms with Crippen molar-refractivity contribution in [2.45, 2.75) is 18.7 Å². The van der Waals surface area contributed by atoms with Crippen molar-refractivity contribution in [3.63, 3.8) is 0 Å². The van der Waals surface area contributed by atoms with Crippen LogP contribution in [0.15, 0.2) is 39.3 Å². The first-order valence-corrected chi connectivity index (χ1v) is 8.26. The standard InChI is InChI=1S/C15H12Br3F/c1-8-3-4-10(19)6-11(8)15(18)12-7-13(16)9(2)5-14(12)17/h3-7,15H,1-2H3. The van der Waals surface area contributed by atoms with Crippen LogP contribution in [0.5, 0.6) is 0 Å². The fourth-order valence-electron chi connectivity index (χ4n) is 1.91. The fraction of sp³-hybridized carbons (Fsp3) is 0.200. The molecule has 0 bridgehead atoms. The molecule has 2 aromatic rings. The number of hydrogen-bond acceptors (Lipinski definition) is 0.